The molecule has 0 aliphatic heterocycles. The maximum Gasteiger partial charge on any atom is 0.326 e. The van der Waals surface area contributed by atoms with Gasteiger partial charge in [-0.05, 0) is 17.8 Å². The first kappa shape index (κ1) is 16.0. The minimum atomic E-state index is -0.960. The first-order valence-electron chi connectivity index (χ1n) is 7.33. The molecule has 1 aliphatic rings. The van der Waals surface area contributed by atoms with E-state index in [1.807, 2.05) is 20.8 Å². The van der Waals surface area contributed by atoms with Crippen LogP contribution in [0.3, 0.4) is 0 Å². The summed E-state index contributed by atoms with van der Waals surface area (Å²) in [6, 6.07) is -0.814. The Morgan fingerprint density at radius 3 is 2.26 bits per heavy atom. The normalized spacial score (nSPS) is 18.9. The Balaban J connectivity index is 2.38. The van der Waals surface area contributed by atoms with Crippen LogP contribution in [0.5, 0.6) is 0 Å². The molecule has 1 rings (SSSR count). The van der Waals surface area contributed by atoms with Crippen molar-refractivity contribution in [3.63, 3.8) is 0 Å². The van der Waals surface area contributed by atoms with Crippen LogP contribution in [-0.2, 0) is 9.59 Å². The maximum atomic E-state index is 11.9. The summed E-state index contributed by atoms with van der Waals surface area (Å²) in [4.78, 5) is 23.0. The third-order valence-electron chi connectivity index (χ3n) is 3.92. The van der Waals surface area contributed by atoms with E-state index in [-0.39, 0.29) is 5.91 Å². The van der Waals surface area contributed by atoms with Crippen molar-refractivity contribution in [2.24, 2.45) is 11.3 Å². The van der Waals surface area contributed by atoms with Crippen LogP contribution in [0.4, 0.5) is 0 Å². The van der Waals surface area contributed by atoms with Crippen molar-refractivity contribution in [2.75, 3.05) is 0 Å². The van der Waals surface area contributed by atoms with E-state index in [1.54, 1.807) is 0 Å². The molecule has 19 heavy (non-hydrogen) atoms. The number of carboxylic acids is 1. The molecule has 0 saturated heterocycles. The van der Waals surface area contributed by atoms with Crippen LogP contribution in [0.25, 0.3) is 0 Å². The third-order valence-corrected chi connectivity index (χ3v) is 3.92. The number of rotatable bonds is 5. The quantitative estimate of drug-likeness (QED) is 0.806. The van der Waals surface area contributed by atoms with E-state index in [0.717, 1.165) is 6.42 Å². The fourth-order valence-corrected chi connectivity index (χ4v) is 2.69. The van der Waals surface area contributed by atoms with Gasteiger partial charge >= 0.3 is 5.97 Å². The molecule has 0 spiro atoms. The van der Waals surface area contributed by atoms with Crippen molar-refractivity contribution in [2.45, 2.75) is 71.8 Å². The standard InChI is InChI=1S/C15H27NO3/c1-15(2,3)13(14(18)19)16-12(17)10-9-11-7-5-4-6-8-11/h11,13H,4-10H2,1-3H3,(H,16,17)(H,18,19). The number of amides is 1. The number of carboxylic acid groups (broad SMARTS) is 1. The summed E-state index contributed by atoms with van der Waals surface area (Å²) in [5, 5.41) is 11.8. The summed E-state index contributed by atoms with van der Waals surface area (Å²) < 4.78 is 0. The summed E-state index contributed by atoms with van der Waals surface area (Å²) in [5.41, 5.74) is -0.466. The fraction of sp³-hybridized carbons (Fsp3) is 0.867. The lowest BCUT2D eigenvalue weighted by Crippen LogP contribution is -2.49. The fourth-order valence-electron chi connectivity index (χ4n) is 2.69. The van der Waals surface area contributed by atoms with Crippen LogP contribution in [-0.4, -0.2) is 23.0 Å². The number of nitrogens with one attached hydrogen (secondary N) is 1. The number of aliphatic carboxylic acids is 1. The van der Waals surface area contributed by atoms with E-state index in [9.17, 15) is 9.59 Å². The largest absolute Gasteiger partial charge is 0.480 e. The number of carbonyl (C=O) groups excluding carboxylic acids is 1. The van der Waals surface area contributed by atoms with Crippen molar-refractivity contribution >= 4 is 11.9 Å². The molecule has 1 aliphatic carbocycles. The average Bonchev–Trinajstić information content (AvgIpc) is 2.33. The molecule has 1 saturated carbocycles. The zero-order valence-electron chi connectivity index (χ0n) is 12.4. The van der Waals surface area contributed by atoms with E-state index < -0.39 is 17.4 Å². The monoisotopic (exact) mass is 269 g/mol. The van der Waals surface area contributed by atoms with E-state index in [1.165, 1.54) is 32.1 Å². The summed E-state index contributed by atoms with van der Waals surface area (Å²) in [7, 11) is 0. The van der Waals surface area contributed by atoms with Crippen LogP contribution < -0.4 is 5.32 Å². The average molecular weight is 269 g/mol. The minimum absolute atomic E-state index is 0.132. The number of hydrogen-bond acceptors (Lipinski definition) is 2. The Morgan fingerprint density at radius 1 is 1.21 bits per heavy atom. The second kappa shape index (κ2) is 6.92. The van der Waals surface area contributed by atoms with Gasteiger partial charge in [0.05, 0.1) is 0 Å². The summed E-state index contributed by atoms with van der Waals surface area (Å²) in [5.74, 6) is -0.441. The molecule has 1 atom stereocenters. The van der Waals surface area contributed by atoms with Gasteiger partial charge in [-0.2, -0.15) is 0 Å². The van der Waals surface area contributed by atoms with Gasteiger partial charge in [0.1, 0.15) is 6.04 Å². The molecular weight excluding hydrogens is 242 g/mol. The molecule has 0 aromatic rings. The Morgan fingerprint density at radius 2 is 1.79 bits per heavy atom. The van der Waals surface area contributed by atoms with Crippen LogP contribution in [0.2, 0.25) is 0 Å². The van der Waals surface area contributed by atoms with Crippen LogP contribution in [0.15, 0.2) is 0 Å². The lowest BCUT2D eigenvalue weighted by Gasteiger charge is -2.28. The lowest BCUT2D eigenvalue weighted by atomic mass is 9.85. The smallest absolute Gasteiger partial charge is 0.326 e. The molecule has 4 nitrogen and oxygen atoms in total. The molecule has 2 N–H and O–H groups in total. The predicted molar refractivity (Wildman–Crippen MR) is 74.8 cm³/mol. The highest BCUT2D eigenvalue weighted by molar-refractivity contribution is 5.84. The van der Waals surface area contributed by atoms with Gasteiger partial charge in [0.15, 0.2) is 0 Å². The summed E-state index contributed by atoms with van der Waals surface area (Å²) in [6.07, 6.45) is 7.63. The van der Waals surface area contributed by atoms with E-state index in [0.29, 0.717) is 12.3 Å². The van der Waals surface area contributed by atoms with Crippen molar-refractivity contribution in [3.05, 3.63) is 0 Å². The second-order valence-electron chi connectivity index (χ2n) is 6.75. The van der Waals surface area contributed by atoms with E-state index in [4.69, 9.17) is 5.11 Å². The molecule has 4 heteroatoms. The molecule has 110 valence electrons. The van der Waals surface area contributed by atoms with Crippen molar-refractivity contribution in [1.82, 2.24) is 5.32 Å². The Kier molecular flexibility index (Phi) is 5.83. The first-order valence-corrected chi connectivity index (χ1v) is 7.33. The SMILES string of the molecule is CC(C)(C)C(NC(=O)CCC1CCCCC1)C(=O)O. The lowest BCUT2D eigenvalue weighted by molar-refractivity contribution is -0.145. The predicted octanol–water partition coefficient (Wildman–Crippen LogP) is 2.96. The van der Waals surface area contributed by atoms with Gasteiger partial charge in [-0.3, -0.25) is 4.79 Å². The highest BCUT2D eigenvalue weighted by atomic mass is 16.4. The van der Waals surface area contributed by atoms with Crippen LogP contribution in [0, 0.1) is 11.3 Å². The van der Waals surface area contributed by atoms with Gasteiger partial charge in [-0.1, -0.05) is 52.9 Å². The van der Waals surface area contributed by atoms with Crippen molar-refractivity contribution in [3.8, 4) is 0 Å². The van der Waals surface area contributed by atoms with Crippen LogP contribution >= 0.6 is 0 Å². The summed E-state index contributed by atoms with van der Waals surface area (Å²) in [6.45, 7) is 5.48. The van der Waals surface area contributed by atoms with Crippen molar-refractivity contribution < 1.29 is 14.7 Å². The molecular formula is C15H27NO3. The zero-order valence-corrected chi connectivity index (χ0v) is 12.4. The van der Waals surface area contributed by atoms with E-state index >= 15 is 0 Å². The third kappa shape index (κ3) is 5.62. The number of carbonyl (C=O) groups is 2. The Bertz CT molecular complexity index is 314. The Labute approximate surface area is 116 Å². The molecule has 0 aromatic heterocycles. The number of hydrogen-bond donors (Lipinski definition) is 2. The first-order chi connectivity index (χ1) is 8.80. The maximum absolute atomic E-state index is 11.9. The van der Waals surface area contributed by atoms with Gasteiger partial charge in [0.2, 0.25) is 5.91 Å². The summed E-state index contributed by atoms with van der Waals surface area (Å²) >= 11 is 0. The topological polar surface area (TPSA) is 66.4 Å². The van der Waals surface area contributed by atoms with Crippen LogP contribution in [0.1, 0.15) is 65.7 Å². The van der Waals surface area contributed by atoms with E-state index in [2.05, 4.69) is 5.32 Å². The molecule has 0 heterocycles. The molecule has 1 fully saturated rings. The Hall–Kier alpha value is -1.06. The molecule has 0 radical (unpaired) electrons. The molecule has 0 bridgehead atoms. The van der Waals surface area contributed by atoms with Gasteiger partial charge < -0.3 is 10.4 Å². The van der Waals surface area contributed by atoms with Gasteiger partial charge in [-0.15, -0.1) is 0 Å². The molecule has 1 amide bonds. The minimum Gasteiger partial charge on any atom is -0.480 e. The van der Waals surface area contributed by atoms with Gasteiger partial charge in [0.25, 0.3) is 0 Å². The van der Waals surface area contributed by atoms with Gasteiger partial charge in [-0.25, -0.2) is 4.79 Å². The molecule has 0 aromatic carbocycles. The highest BCUT2D eigenvalue weighted by Gasteiger charge is 2.32. The highest BCUT2D eigenvalue weighted by Crippen LogP contribution is 2.27. The second-order valence-corrected chi connectivity index (χ2v) is 6.75. The zero-order chi connectivity index (χ0) is 14.5. The molecule has 1 unspecified atom stereocenters. The van der Waals surface area contributed by atoms with Crippen molar-refractivity contribution in [1.29, 1.82) is 0 Å². The van der Waals surface area contributed by atoms with Gasteiger partial charge in [0, 0.05) is 6.42 Å².